The van der Waals surface area contributed by atoms with Crippen molar-refractivity contribution in [2.24, 2.45) is 0 Å². The van der Waals surface area contributed by atoms with Gasteiger partial charge in [0, 0.05) is 38.2 Å². The van der Waals surface area contributed by atoms with E-state index in [4.69, 9.17) is 11.6 Å². The summed E-state index contributed by atoms with van der Waals surface area (Å²) >= 11 is 6.00. The van der Waals surface area contributed by atoms with E-state index in [9.17, 15) is 4.79 Å². The van der Waals surface area contributed by atoms with Crippen LogP contribution in [0.3, 0.4) is 0 Å². The topological polar surface area (TPSA) is 44.4 Å². The summed E-state index contributed by atoms with van der Waals surface area (Å²) in [6.07, 6.45) is 2.28. The third kappa shape index (κ3) is 4.12. The van der Waals surface area contributed by atoms with Crippen LogP contribution in [0.5, 0.6) is 0 Å². The van der Waals surface area contributed by atoms with Crippen molar-refractivity contribution < 1.29 is 4.79 Å². The summed E-state index contributed by atoms with van der Waals surface area (Å²) < 4.78 is 0. The number of hydrogen-bond acceptors (Lipinski definition) is 2. The van der Waals surface area contributed by atoms with Gasteiger partial charge < -0.3 is 15.5 Å². The highest BCUT2D eigenvalue weighted by molar-refractivity contribution is 6.30. The molecule has 1 aliphatic carbocycles. The molecule has 0 bridgehead atoms. The maximum absolute atomic E-state index is 11.3. The molecular weight excluding hydrogens is 274 g/mol. The van der Waals surface area contributed by atoms with Gasteiger partial charge in [0.2, 0.25) is 0 Å². The van der Waals surface area contributed by atoms with Gasteiger partial charge >= 0.3 is 6.03 Å². The van der Waals surface area contributed by atoms with Crippen LogP contribution in [0.1, 0.15) is 24.3 Å². The van der Waals surface area contributed by atoms with E-state index in [1.807, 2.05) is 12.1 Å². The first-order valence-electron chi connectivity index (χ1n) is 7.00. The summed E-state index contributed by atoms with van der Waals surface area (Å²) in [4.78, 5) is 12.9. The Bertz CT molecular complexity index is 458. The molecule has 4 nitrogen and oxygen atoms in total. The lowest BCUT2D eigenvalue weighted by molar-refractivity contribution is 0.216. The average molecular weight is 296 g/mol. The second-order valence-corrected chi connectivity index (χ2v) is 5.94. The smallest absolute Gasteiger partial charge is 0.316 e. The Morgan fingerprint density at radius 3 is 2.75 bits per heavy atom. The van der Waals surface area contributed by atoms with Gasteiger partial charge in [-0.3, -0.25) is 0 Å². The molecule has 0 atom stereocenters. The standard InChI is InChI=1S/C15H22ClN3O/c1-19(2)15(20)18-7-6-17-14-9-12(10-14)11-4-3-5-13(16)8-11/h3-5,8,12,14,17H,6-7,9-10H2,1-2H3,(H,18,20). The molecule has 0 spiro atoms. The molecule has 1 aliphatic rings. The fourth-order valence-electron chi connectivity index (χ4n) is 2.42. The predicted molar refractivity (Wildman–Crippen MR) is 82.3 cm³/mol. The number of halogens is 1. The van der Waals surface area contributed by atoms with Crippen molar-refractivity contribution in [3.63, 3.8) is 0 Å². The van der Waals surface area contributed by atoms with Crippen molar-refractivity contribution in [3.05, 3.63) is 34.9 Å². The fraction of sp³-hybridized carbons (Fsp3) is 0.533. The third-order valence-electron chi connectivity index (χ3n) is 3.70. The second-order valence-electron chi connectivity index (χ2n) is 5.50. The summed E-state index contributed by atoms with van der Waals surface area (Å²) in [6, 6.07) is 8.62. The molecule has 0 saturated heterocycles. The Morgan fingerprint density at radius 1 is 1.35 bits per heavy atom. The van der Waals surface area contributed by atoms with Crippen LogP contribution >= 0.6 is 11.6 Å². The van der Waals surface area contributed by atoms with Crippen LogP contribution in [-0.4, -0.2) is 44.2 Å². The summed E-state index contributed by atoms with van der Waals surface area (Å²) in [5.74, 6) is 0.613. The molecule has 2 amide bonds. The lowest BCUT2D eigenvalue weighted by Gasteiger charge is -2.36. The molecule has 0 heterocycles. The van der Waals surface area contributed by atoms with Crippen molar-refractivity contribution >= 4 is 17.6 Å². The zero-order valence-electron chi connectivity index (χ0n) is 12.0. The van der Waals surface area contributed by atoms with Crippen LogP contribution < -0.4 is 10.6 Å². The highest BCUT2D eigenvalue weighted by Gasteiger charge is 2.29. The SMILES string of the molecule is CN(C)C(=O)NCCNC1CC(c2cccc(Cl)c2)C1. The van der Waals surface area contributed by atoms with E-state index in [1.54, 1.807) is 19.0 Å². The van der Waals surface area contributed by atoms with Gasteiger partial charge in [0.1, 0.15) is 0 Å². The van der Waals surface area contributed by atoms with E-state index in [0.717, 1.165) is 24.4 Å². The zero-order valence-corrected chi connectivity index (χ0v) is 12.8. The molecule has 0 aliphatic heterocycles. The number of carbonyl (C=O) groups excluding carboxylic acids is 1. The van der Waals surface area contributed by atoms with Crippen molar-refractivity contribution in [1.29, 1.82) is 0 Å². The van der Waals surface area contributed by atoms with Gasteiger partial charge in [0.25, 0.3) is 0 Å². The minimum absolute atomic E-state index is 0.0442. The minimum atomic E-state index is -0.0442. The maximum Gasteiger partial charge on any atom is 0.316 e. The van der Waals surface area contributed by atoms with E-state index < -0.39 is 0 Å². The normalized spacial score (nSPS) is 21.1. The first-order chi connectivity index (χ1) is 9.56. The largest absolute Gasteiger partial charge is 0.337 e. The van der Waals surface area contributed by atoms with Gasteiger partial charge in [-0.25, -0.2) is 4.79 Å². The number of hydrogen-bond donors (Lipinski definition) is 2. The molecule has 0 unspecified atom stereocenters. The number of nitrogens with zero attached hydrogens (tertiary/aromatic N) is 1. The van der Waals surface area contributed by atoms with E-state index in [0.29, 0.717) is 18.5 Å². The van der Waals surface area contributed by atoms with Gasteiger partial charge in [0.15, 0.2) is 0 Å². The number of rotatable bonds is 5. The molecule has 1 aromatic rings. The minimum Gasteiger partial charge on any atom is -0.337 e. The molecule has 0 radical (unpaired) electrons. The van der Waals surface area contributed by atoms with E-state index >= 15 is 0 Å². The Labute approximate surface area is 125 Å². The Balaban J connectivity index is 1.61. The molecule has 0 aromatic heterocycles. The summed E-state index contributed by atoms with van der Waals surface area (Å²) in [7, 11) is 3.48. The Kier molecular flexibility index (Phi) is 5.26. The first-order valence-corrected chi connectivity index (χ1v) is 7.38. The van der Waals surface area contributed by atoms with Crippen molar-refractivity contribution in [3.8, 4) is 0 Å². The van der Waals surface area contributed by atoms with Crippen molar-refractivity contribution in [2.75, 3.05) is 27.2 Å². The van der Waals surface area contributed by atoms with Gasteiger partial charge in [-0.05, 0) is 36.5 Å². The molecule has 1 saturated carbocycles. The lowest BCUT2D eigenvalue weighted by atomic mass is 9.76. The molecular formula is C15H22ClN3O. The number of carbonyl (C=O) groups is 1. The molecule has 2 rings (SSSR count). The van der Waals surface area contributed by atoms with Crippen LogP contribution in [0.4, 0.5) is 4.79 Å². The molecule has 2 N–H and O–H groups in total. The molecule has 5 heteroatoms. The van der Waals surface area contributed by atoms with Gasteiger partial charge in [-0.15, -0.1) is 0 Å². The summed E-state index contributed by atoms with van der Waals surface area (Å²) in [5.41, 5.74) is 1.33. The van der Waals surface area contributed by atoms with Crippen molar-refractivity contribution in [1.82, 2.24) is 15.5 Å². The maximum atomic E-state index is 11.3. The number of amides is 2. The monoisotopic (exact) mass is 295 g/mol. The van der Waals surface area contributed by atoms with Crippen LogP contribution in [0.2, 0.25) is 5.02 Å². The average Bonchev–Trinajstić information content (AvgIpc) is 2.35. The first kappa shape index (κ1) is 15.1. The summed E-state index contributed by atoms with van der Waals surface area (Å²) in [5, 5.41) is 7.12. The van der Waals surface area contributed by atoms with Crippen LogP contribution in [-0.2, 0) is 0 Å². The van der Waals surface area contributed by atoms with Crippen LogP contribution in [0, 0.1) is 0 Å². The molecule has 110 valence electrons. The molecule has 20 heavy (non-hydrogen) atoms. The quantitative estimate of drug-likeness (QED) is 0.820. The van der Waals surface area contributed by atoms with Crippen LogP contribution in [0.15, 0.2) is 24.3 Å². The fourth-order valence-corrected chi connectivity index (χ4v) is 2.62. The zero-order chi connectivity index (χ0) is 14.5. The van der Waals surface area contributed by atoms with Gasteiger partial charge in [0.05, 0.1) is 0 Å². The summed E-state index contributed by atoms with van der Waals surface area (Å²) in [6.45, 7) is 1.47. The van der Waals surface area contributed by atoms with Gasteiger partial charge in [-0.2, -0.15) is 0 Å². The number of urea groups is 1. The van der Waals surface area contributed by atoms with E-state index in [-0.39, 0.29) is 6.03 Å². The highest BCUT2D eigenvalue weighted by Crippen LogP contribution is 2.37. The second kappa shape index (κ2) is 6.95. The van der Waals surface area contributed by atoms with E-state index in [2.05, 4.69) is 22.8 Å². The predicted octanol–water partition coefficient (Wildman–Crippen LogP) is 2.45. The number of benzene rings is 1. The third-order valence-corrected chi connectivity index (χ3v) is 3.93. The lowest BCUT2D eigenvalue weighted by Crippen LogP contribution is -2.44. The molecule has 1 fully saturated rings. The Morgan fingerprint density at radius 2 is 2.10 bits per heavy atom. The highest BCUT2D eigenvalue weighted by atomic mass is 35.5. The number of nitrogens with one attached hydrogen (secondary N) is 2. The van der Waals surface area contributed by atoms with Gasteiger partial charge in [-0.1, -0.05) is 23.7 Å². The van der Waals surface area contributed by atoms with Crippen molar-refractivity contribution in [2.45, 2.75) is 24.8 Å². The Hall–Kier alpha value is -1.26. The molecule has 1 aromatic carbocycles. The van der Waals surface area contributed by atoms with Crippen LogP contribution in [0.25, 0.3) is 0 Å². The van der Waals surface area contributed by atoms with E-state index in [1.165, 1.54) is 5.56 Å².